The van der Waals surface area contributed by atoms with Gasteiger partial charge in [0.15, 0.2) is 0 Å². The third kappa shape index (κ3) is 1.57. The van der Waals surface area contributed by atoms with Gasteiger partial charge in [0.2, 0.25) is 0 Å². The van der Waals surface area contributed by atoms with Gasteiger partial charge in [-0.15, -0.1) is 0 Å². The summed E-state index contributed by atoms with van der Waals surface area (Å²) in [6.45, 7) is 2.39. The molecule has 4 nitrogen and oxygen atoms in total. The van der Waals surface area contributed by atoms with Crippen molar-refractivity contribution in [2.45, 2.75) is 32.2 Å². The predicted octanol–water partition coefficient (Wildman–Crippen LogP) is 0.388. The highest BCUT2D eigenvalue weighted by atomic mass is 16.1. The zero-order valence-electron chi connectivity index (χ0n) is 8.36. The van der Waals surface area contributed by atoms with Crippen molar-refractivity contribution in [3.63, 3.8) is 0 Å². The Kier molecular flexibility index (Phi) is 2.37. The lowest BCUT2D eigenvalue weighted by molar-refractivity contribution is 0.645. The van der Waals surface area contributed by atoms with Crippen LogP contribution in [-0.4, -0.2) is 16.1 Å². The molecule has 1 saturated carbocycles. The first kappa shape index (κ1) is 9.40. The average molecular weight is 193 g/mol. The first-order valence-electron chi connectivity index (χ1n) is 5.01. The molecule has 4 heteroatoms. The van der Waals surface area contributed by atoms with E-state index < -0.39 is 0 Å². The molecule has 0 saturated heterocycles. The zero-order valence-corrected chi connectivity index (χ0v) is 8.36. The minimum absolute atomic E-state index is 0.102. The van der Waals surface area contributed by atoms with Crippen LogP contribution < -0.4 is 11.3 Å². The van der Waals surface area contributed by atoms with Gasteiger partial charge >= 0.3 is 0 Å². The van der Waals surface area contributed by atoms with Crippen molar-refractivity contribution in [3.05, 3.63) is 27.9 Å². The second kappa shape index (κ2) is 3.53. The Hall–Kier alpha value is -1.16. The van der Waals surface area contributed by atoms with Crippen LogP contribution in [0.3, 0.4) is 0 Å². The van der Waals surface area contributed by atoms with Gasteiger partial charge in [-0.1, -0.05) is 0 Å². The van der Waals surface area contributed by atoms with Crippen LogP contribution in [0.15, 0.2) is 11.0 Å². The minimum atomic E-state index is 0.102. The van der Waals surface area contributed by atoms with Gasteiger partial charge in [-0.05, 0) is 32.7 Å². The van der Waals surface area contributed by atoms with Crippen molar-refractivity contribution in [3.8, 4) is 0 Å². The molecule has 14 heavy (non-hydrogen) atoms. The summed E-state index contributed by atoms with van der Waals surface area (Å²) in [4.78, 5) is 16.2. The van der Waals surface area contributed by atoms with Crippen molar-refractivity contribution in [1.29, 1.82) is 0 Å². The lowest BCUT2D eigenvalue weighted by atomic mass is 10.2. The second-order valence-electron chi connectivity index (χ2n) is 3.78. The van der Waals surface area contributed by atoms with E-state index in [1.54, 1.807) is 6.20 Å². The van der Waals surface area contributed by atoms with Crippen LogP contribution in [0.5, 0.6) is 0 Å². The van der Waals surface area contributed by atoms with E-state index in [-0.39, 0.29) is 5.56 Å². The summed E-state index contributed by atoms with van der Waals surface area (Å²) in [7, 11) is 0. The Labute approximate surface area is 82.8 Å². The van der Waals surface area contributed by atoms with E-state index in [0.717, 1.165) is 24.2 Å². The van der Waals surface area contributed by atoms with Gasteiger partial charge in [0.25, 0.3) is 5.56 Å². The molecule has 76 valence electrons. The second-order valence-corrected chi connectivity index (χ2v) is 3.78. The van der Waals surface area contributed by atoms with Crippen molar-refractivity contribution in [2.75, 3.05) is 6.54 Å². The molecule has 1 heterocycles. The van der Waals surface area contributed by atoms with Gasteiger partial charge < -0.3 is 5.73 Å². The van der Waals surface area contributed by atoms with E-state index >= 15 is 0 Å². The lowest BCUT2D eigenvalue weighted by Crippen LogP contribution is -2.27. The van der Waals surface area contributed by atoms with Gasteiger partial charge in [-0.3, -0.25) is 9.36 Å². The number of hydrogen-bond donors (Lipinski definition) is 1. The van der Waals surface area contributed by atoms with Crippen LogP contribution in [0, 0.1) is 6.92 Å². The molecule has 1 fully saturated rings. The Morgan fingerprint density at radius 3 is 2.93 bits per heavy atom. The topological polar surface area (TPSA) is 60.9 Å². The van der Waals surface area contributed by atoms with E-state index in [9.17, 15) is 4.79 Å². The summed E-state index contributed by atoms with van der Waals surface area (Å²) < 4.78 is 1.81. The van der Waals surface area contributed by atoms with Crippen LogP contribution in [0.1, 0.15) is 30.3 Å². The molecular formula is C10H15N3O. The lowest BCUT2D eigenvalue weighted by Gasteiger charge is -2.08. The highest BCUT2D eigenvalue weighted by Gasteiger charge is 2.26. The monoisotopic (exact) mass is 193 g/mol. The van der Waals surface area contributed by atoms with Crippen LogP contribution in [0.25, 0.3) is 0 Å². The zero-order chi connectivity index (χ0) is 10.1. The standard InChI is InChI=1S/C10H15N3O/c1-7-12-6-8(4-5-11)10(14)13(7)9-2-3-9/h6,9H,2-5,11H2,1H3. The number of rotatable bonds is 3. The highest BCUT2D eigenvalue weighted by Crippen LogP contribution is 2.33. The molecule has 0 aromatic carbocycles. The molecule has 0 aliphatic heterocycles. The molecule has 0 radical (unpaired) electrons. The van der Waals surface area contributed by atoms with Gasteiger partial charge in [0.05, 0.1) is 0 Å². The van der Waals surface area contributed by atoms with E-state index in [1.807, 2.05) is 11.5 Å². The number of aryl methyl sites for hydroxylation is 1. The van der Waals surface area contributed by atoms with Gasteiger partial charge in [-0.25, -0.2) is 4.98 Å². The van der Waals surface area contributed by atoms with Gasteiger partial charge in [0.1, 0.15) is 5.82 Å². The van der Waals surface area contributed by atoms with Crippen LogP contribution in [0.2, 0.25) is 0 Å². The normalized spacial score (nSPS) is 15.9. The third-order valence-corrected chi connectivity index (χ3v) is 2.58. The molecule has 0 spiro atoms. The van der Waals surface area contributed by atoms with Crippen molar-refractivity contribution in [2.24, 2.45) is 5.73 Å². The van der Waals surface area contributed by atoms with E-state index in [1.165, 1.54) is 0 Å². The smallest absolute Gasteiger partial charge is 0.256 e. The Morgan fingerprint density at radius 2 is 2.36 bits per heavy atom. The largest absolute Gasteiger partial charge is 0.330 e. The molecule has 0 unspecified atom stereocenters. The Morgan fingerprint density at radius 1 is 1.64 bits per heavy atom. The minimum Gasteiger partial charge on any atom is -0.330 e. The fourth-order valence-electron chi connectivity index (χ4n) is 1.68. The SMILES string of the molecule is Cc1ncc(CCN)c(=O)n1C1CC1. The van der Waals surface area contributed by atoms with Crippen LogP contribution in [0.4, 0.5) is 0 Å². The van der Waals surface area contributed by atoms with E-state index in [2.05, 4.69) is 4.98 Å². The molecule has 2 rings (SSSR count). The van der Waals surface area contributed by atoms with Crippen molar-refractivity contribution in [1.82, 2.24) is 9.55 Å². The van der Waals surface area contributed by atoms with E-state index in [0.29, 0.717) is 19.0 Å². The maximum absolute atomic E-state index is 11.9. The van der Waals surface area contributed by atoms with Gasteiger partial charge in [-0.2, -0.15) is 0 Å². The molecule has 0 atom stereocenters. The average Bonchev–Trinajstić information content (AvgIpc) is 2.94. The van der Waals surface area contributed by atoms with E-state index in [4.69, 9.17) is 5.73 Å². The molecule has 1 aromatic rings. The molecule has 2 N–H and O–H groups in total. The van der Waals surface area contributed by atoms with Crippen LogP contribution >= 0.6 is 0 Å². The molecule has 1 aliphatic carbocycles. The Balaban J connectivity index is 2.45. The number of nitrogens with two attached hydrogens (primary N) is 1. The summed E-state index contributed by atoms with van der Waals surface area (Å²) >= 11 is 0. The molecule has 0 amide bonds. The fourth-order valence-corrected chi connectivity index (χ4v) is 1.68. The first-order valence-corrected chi connectivity index (χ1v) is 5.01. The molecule has 1 aliphatic rings. The number of nitrogens with zero attached hydrogens (tertiary/aromatic N) is 2. The quantitative estimate of drug-likeness (QED) is 0.755. The third-order valence-electron chi connectivity index (χ3n) is 2.58. The van der Waals surface area contributed by atoms with Gasteiger partial charge in [0, 0.05) is 17.8 Å². The molecular weight excluding hydrogens is 178 g/mol. The summed E-state index contributed by atoms with van der Waals surface area (Å²) in [5.74, 6) is 0.818. The number of hydrogen-bond acceptors (Lipinski definition) is 3. The first-order chi connectivity index (χ1) is 6.74. The number of aromatic nitrogens is 2. The molecule has 0 bridgehead atoms. The maximum atomic E-state index is 11.9. The highest BCUT2D eigenvalue weighted by molar-refractivity contribution is 5.10. The fraction of sp³-hybridized carbons (Fsp3) is 0.600. The summed E-state index contributed by atoms with van der Waals surface area (Å²) in [5.41, 5.74) is 6.28. The predicted molar refractivity (Wildman–Crippen MR) is 54.3 cm³/mol. The summed E-state index contributed by atoms with van der Waals surface area (Å²) in [5, 5.41) is 0. The molecule has 1 aromatic heterocycles. The summed E-state index contributed by atoms with van der Waals surface area (Å²) in [6.07, 6.45) is 4.49. The van der Waals surface area contributed by atoms with Crippen LogP contribution in [-0.2, 0) is 6.42 Å². The maximum Gasteiger partial charge on any atom is 0.256 e. The summed E-state index contributed by atoms with van der Waals surface area (Å²) in [6, 6.07) is 0.396. The van der Waals surface area contributed by atoms with Crippen molar-refractivity contribution < 1.29 is 0 Å². The Bertz CT molecular complexity index is 393. The van der Waals surface area contributed by atoms with Crippen molar-refractivity contribution >= 4 is 0 Å².